The van der Waals surface area contributed by atoms with Gasteiger partial charge in [-0.05, 0) is 24.6 Å². The molecule has 1 rings (SSSR count). The van der Waals surface area contributed by atoms with Crippen LogP contribution in [0, 0.1) is 17.2 Å². The summed E-state index contributed by atoms with van der Waals surface area (Å²) in [6.07, 6.45) is 3.28. The fourth-order valence-corrected chi connectivity index (χ4v) is 1.45. The lowest BCUT2D eigenvalue weighted by Crippen LogP contribution is -2.13. The van der Waals surface area contributed by atoms with E-state index in [1.165, 1.54) is 0 Å². The molecular formula is C13H12BrNO2. The molecule has 4 heteroatoms. The summed E-state index contributed by atoms with van der Waals surface area (Å²) in [4.78, 5) is 11.3. The van der Waals surface area contributed by atoms with Crippen LogP contribution in [0.3, 0.4) is 0 Å². The van der Waals surface area contributed by atoms with E-state index in [0.29, 0.717) is 0 Å². The zero-order valence-electron chi connectivity index (χ0n) is 9.39. The summed E-state index contributed by atoms with van der Waals surface area (Å²) >= 11 is 3.33. The summed E-state index contributed by atoms with van der Waals surface area (Å²) in [5.41, 5.74) is 0.928. The van der Waals surface area contributed by atoms with Gasteiger partial charge in [-0.2, -0.15) is 5.26 Å². The Hall–Kier alpha value is -1.60. The zero-order valence-corrected chi connectivity index (χ0v) is 11.0. The lowest BCUT2D eigenvalue weighted by molar-refractivity contribution is -0.144. The molecule has 1 unspecified atom stereocenters. The van der Waals surface area contributed by atoms with Gasteiger partial charge in [-0.3, -0.25) is 4.79 Å². The molecule has 0 fully saturated rings. The molecule has 0 aliphatic rings. The van der Waals surface area contributed by atoms with E-state index in [4.69, 9.17) is 10.00 Å². The van der Waals surface area contributed by atoms with Gasteiger partial charge in [0.25, 0.3) is 0 Å². The largest absolute Gasteiger partial charge is 0.465 e. The molecule has 3 nitrogen and oxygen atoms in total. The second-order valence-corrected chi connectivity index (χ2v) is 4.19. The van der Waals surface area contributed by atoms with E-state index in [1.54, 1.807) is 19.1 Å². The Kier molecular flexibility index (Phi) is 5.44. The van der Waals surface area contributed by atoms with Gasteiger partial charge in [-0.25, -0.2) is 0 Å². The van der Waals surface area contributed by atoms with Gasteiger partial charge < -0.3 is 4.74 Å². The van der Waals surface area contributed by atoms with Crippen molar-refractivity contribution < 1.29 is 9.53 Å². The molecule has 1 atom stereocenters. The molecule has 0 bridgehead atoms. The smallest absolute Gasteiger partial charge is 0.327 e. The first kappa shape index (κ1) is 13.5. The molecule has 0 saturated carbocycles. The minimum atomic E-state index is -0.849. The van der Waals surface area contributed by atoms with Crippen molar-refractivity contribution in [2.75, 3.05) is 6.61 Å². The van der Waals surface area contributed by atoms with Gasteiger partial charge in [-0.1, -0.05) is 40.2 Å². The van der Waals surface area contributed by atoms with Crippen LogP contribution in [0.25, 0.3) is 6.08 Å². The number of rotatable bonds is 4. The van der Waals surface area contributed by atoms with Crippen molar-refractivity contribution in [3.05, 3.63) is 40.4 Å². The van der Waals surface area contributed by atoms with E-state index in [0.717, 1.165) is 10.0 Å². The second-order valence-electron chi connectivity index (χ2n) is 3.27. The van der Waals surface area contributed by atoms with Gasteiger partial charge in [0.1, 0.15) is 0 Å². The number of carbonyl (C=O) groups excluding carboxylic acids is 1. The number of nitrogens with zero attached hydrogens (tertiary/aromatic N) is 1. The minimum absolute atomic E-state index is 0.281. The monoisotopic (exact) mass is 293 g/mol. The Labute approximate surface area is 109 Å². The number of hydrogen-bond acceptors (Lipinski definition) is 3. The lowest BCUT2D eigenvalue weighted by atomic mass is 10.1. The third-order valence-electron chi connectivity index (χ3n) is 2.03. The summed E-state index contributed by atoms with van der Waals surface area (Å²) in [6.45, 7) is 1.99. The second kappa shape index (κ2) is 6.87. The third-order valence-corrected chi connectivity index (χ3v) is 2.56. The Morgan fingerprint density at radius 1 is 1.53 bits per heavy atom. The number of benzene rings is 1. The molecule has 0 heterocycles. The number of ether oxygens (including phenoxy) is 1. The molecule has 0 aliphatic heterocycles. The van der Waals surface area contributed by atoms with Crippen LogP contribution in [0.4, 0.5) is 0 Å². The Balaban J connectivity index is 2.71. The topological polar surface area (TPSA) is 50.1 Å². The molecular weight excluding hydrogens is 282 g/mol. The number of esters is 1. The Morgan fingerprint density at radius 3 is 2.71 bits per heavy atom. The number of nitriles is 1. The van der Waals surface area contributed by atoms with E-state index < -0.39 is 11.9 Å². The highest BCUT2D eigenvalue weighted by Crippen LogP contribution is 2.12. The van der Waals surface area contributed by atoms with Crippen LogP contribution >= 0.6 is 15.9 Å². The Morgan fingerprint density at radius 2 is 2.18 bits per heavy atom. The maximum atomic E-state index is 11.3. The van der Waals surface area contributed by atoms with Crippen LogP contribution in [0.1, 0.15) is 12.5 Å². The molecule has 17 heavy (non-hydrogen) atoms. The van der Waals surface area contributed by atoms with Gasteiger partial charge in [0.15, 0.2) is 5.92 Å². The van der Waals surface area contributed by atoms with Crippen molar-refractivity contribution in [2.45, 2.75) is 6.92 Å². The lowest BCUT2D eigenvalue weighted by Gasteiger charge is -2.03. The number of halogens is 1. The summed E-state index contributed by atoms with van der Waals surface area (Å²) in [5, 5.41) is 8.84. The standard InChI is InChI=1S/C13H12BrNO2/c1-2-17-13(16)11(9-15)6-3-10-4-7-12(14)8-5-10/h3-8,11H,2H2,1H3/b6-3+. The highest BCUT2D eigenvalue weighted by molar-refractivity contribution is 9.10. The fourth-order valence-electron chi connectivity index (χ4n) is 1.19. The van der Waals surface area contributed by atoms with Crippen LogP contribution in [-0.4, -0.2) is 12.6 Å². The van der Waals surface area contributed by atoms with E-state index in [9.17, 15) is 4.79 Å². The van der Waals surface area contributed by atoms with E-state index in [-0.39, 0.29) is 6.61 Å². The quantitative estimate of drug-likeness (QED) is 0.801. The van der Waals surface area contributed by atoms with Crippen molar-refractivity contribution in [3.63, 3.8) is 0 Å². The predicted octanol–water partition coefficient (Wildman–Crippen LogP) is 3.17. The summed E-state index contributed by atoms with van der Waals surface area (Å²) in [6, 6.07) is 9.46. The number of carbonyl (C=O) groups is 1. The molecule has 1 aromatic carbocycles. The third kappa shape index (κ3) is 4.41. The summed E-state index contributed by atoms with van der Waals surface area (Å²) < 4.78 is 5.77. The molecule has 0 spiro atoms. The average Bonchev–Trinajstić information content (AvgIpc) is 2.32. The van der Waals surface area contributed by atoms with Crippen molar-refractivity contribution in [1.29, 1.82) is 5.26 Å². The van der Waals surface area contributed by atoms with Crippen LogP contribution in [0.2, 0.25) is 0 Å². The maximum Gasteiger partial charge on any atom is 0.327 e. The summed E-state index contributed by atoms with van der Waals surface area (Å²) in [7, 11) is 0. The molecule has 0 saturated heterocycles. The minimum Gasteiger partial charge on any atom is -0.465 e. The van der Waals surface area contributed by atoms with Crippen molar-refractivity contribution in [1.82, 2.24) is 0 Å². The number of hydrogen-bond donors (Lipinski definition) is 0. The van der Waals surface area contributed by atoms with Crippen LogP contribution in [0.15, 0.2) is 34.8 Å². The van der Waals surface area contributed by atoms with Crippen molar-refractivity contribution in [3.8, 4) is 6.07 Å². The van der Waals surface area contributed by atoms with E-state index in [2.05, 4.69) is 15.9 Å². The van der Waals surface area contributed by atoms with Crippen molar-refractivity contribution >= 4 is 28.0 Å². The zero-order chi connectivity index (χ0) is 12.7. The first-order chi connectivity index (χ1) is 8.17. The highest BCUT2D eigenvalue weighted by Gasteiger charge is 2.14. The molecule has 0 aromatic heterocycles. The van der Waals surface area contributed by atoms with Gasteiger partial charge in [0, 0.05) is 4.47 Å². The van der Waals surface area contributed by atoms with Crippen LogP contribution < -0.4 is 0 Å². The van der Waals surface area contributed by atoms with Crippen molar-refractivity contribution in [2.24, 2.45) is 5.92 Å². The molecule has 0 radical (unpaired) electrons. The normalized spacial score (nSPS) is 12.1. The SMILES string of the molecule is CCOC(=O)C(C#N)/C=C/c1ccc(Br)cc1. The first-order valence-electron chi connectivity index (χ1n) is 5.17. The first-order valence-corrected chi connectivity index (χ1v) is 5.96. The molecule has 0 amide bonds. The highest BCUT2D eigenvalue weighted by atomic mass is 79.9. The molecule has 1 aromatic rings. The molecule has 88 valence electrons. The van der Waals surface area contributed by atoms with Crippen LogP contribution in [0.5, 0.6) is 0 Å². The molecule has 0 N–H and O–H groups in total. The average molecular weight is 294 g/mol. The van der Waals surface area contributed by atoms with E-state index in [1.807, 2.05) is 30.3 Å². The fraction of sp³-hybridized carbons (Fsp3) is 0.231. The van der Waals surface area contributed by atoms with Gasteiger partial charge in [0.05, 0.1) is 12.7 Å². The van der Waals surface area contributed by atoms with E-state index >= 15 is 0 Å². The van der Waals surface area contributed by atoms with Gasteiger partial charge in [0.2, 0.25) is 0 Å². The van der Waals surface area contributed by atoms with Gasteiger partial charge in [-0.15, -0.1) is 0 Å². The Bertz CT molecular complexity index is 445. The molecule has 0 aliphatic carbocycles. The predicted molar refractivity (Wildman–Crippen MR) is 68.9 cm³/mol. The van der Waals surface area contributed by atoms with Crippen LogP contribution in [-0.2, 0) is 9.53 Å². The summed E-state index contributed by atoms with van der Waals surface area (Å²) in [5.74, 6) is -1.36. The van der Waals surface area contributed by atoms with Gasteiger partial charge >= 0.3 is 5.97 Å². The maximum absolute atomic E-state index is 11.3.